The number of hydrogen-bond acceptors (Lipinski definition) is 4. The zero-order valence-corrected chi connectivity index (χ0v) is 25.5. The predicted octanol–water partition coefficient (Wildman–Crippen LogP) is 6.54. The maximum Gasteiger partial charge on any atom is 0.244 e. The molecule has 1 atom stereocenters. The van der Waals surface area contributed by atoms with Crippen LogP contribution in [0, 0.1) is 20.8 Å². The van der Waals surface area contributed by atoms with E-state index < -0.39 is 10.0 Å². The number of nitrogens with zero attached hydrogens (tertiary/aromatic N) is 2. The van der Waals surface area contributed by atoms with E-state index in [0.29, 0.717) is 22.6 Å². The van der Waals surface area contributed by atoms with Crippen LogP contribution in [-0.2, 0) is 26.7 Å². The molecule has 2 aromatic carbocycles. The van der Waals surface area contributed by atoms with Gasteiger partial charge >= 0.3 is 0 Å². The van der Waals surface area contributed by atoms with Crippen LogP contribution in [0.3, 0.4) is 0 Å². The first-order valence-electron chi connectivity index (χ1n) is 13.3. The Bertz CT molecular complexity index is 1410. The third-order valence-electron chi connectivity index (χ3n) is 7.42. The van der Waals surface area contributed by atoms with Crippen LogP contribution in [0.1, 0.15) is 78.9 Å². The molecule has 0 saturated carbocycles. The monoisotopic (exact) mass is 552 g/mol. The number of thiophene rings is 1. The number of hydrogen-bond donors (Lipinski definition) is 0. The van der Waals surface area contributed by atoms with Crippen LogP contribution in [0.25, 0.3) is 0 Å². The molecule has 4 rings (SSSR count). The van der Waals surface area contributed by atoms with E-state index >= 15 is 0 Å². The smallest absolute Gasteiger partial charge is 0.244 e. The van der Waals surface area contributed by atoms with Crippen molar-refractivity contribution in [3.63, 3.8) is 0 Å². The van der Waals surface area contributed by atoms with Gasteiger partial charge in [0, 0.05) is 17.5 Å². The molecule has 0 aliphatic carbocycles. The Hall–Kier alpha value is -2.48. The largest absolute Gasteiger partial charge is 0.330 e. The van der Waals surface area contributed by atoms with Crippen molar-refractivity contribution < 1.29 is 13.2 Å². The average molecular weight is 553 g/mol. The Morgan fingerprint density at radius 1 is 1.05 bits per heavy atom. The minimum absolute atomic E-state index is 0.0342. The van der Waals surface area contributed by atoms with Gasteiger partial charge in [-0.1, -0.05) is 62.7 Å². The normalized spacial score (nSPS) is 16.3. The van der Waals surface area contributed by atoms with Crippen molar-refractivity contribution in [3.8, 4) is 0 Å². The van der Waals surface area contributed by atoms with Gasteiger partial charge in [-0.2, -0.15) is 4.31 Å². The van der Waals surface area contributed by atoms with E-state index in [-0.39, 0.29) is 30.0 Å². The Morgan fingerprint density at radius 3 is 2.21 bits per heavy atom. The summed E-state index contributed by atoms with van der Waals surface area (Å²) in [5.74, 6) is -0.175. The van der Waals surface area contributed by atoms with Gasteiger partial charge in [0.25, 0.3) is 0 Å². The molecule has 3 aromatic rings. The van der Waals surface area contributed by atoms with Crippen LogP contribution in [0.15, 0.2) is 52.7 Å². The molecule has 204 valence electrons. The van der Waals surface area contributed by atoms with Crippen molar-refractivity contribution in [2.45, 2.75) is 84.2 Å². The molecular formula is C31H40N2O3S2. The fourth-order valence-electron chi connectivity index (χ4n) is 5.57. The lowest BCUT2D eigenvalue weighted by Gasteiger charge is -2.38. The first-order valence-corrected chi connectivity index (χ1v) is 15.6. The molecule has 38 heavy (non-hydrogen) atoms. The Labute approximate surface area is 232 Å². The maximum atomic E-state index is 14.0. The summed E-state index contributed by atoms with van der Waals surface area (Å²) in [6.45, 7) is 16.2. The van der Waals surface area contributed by atoms with Crippen LogP contribution in [0.5, 0.6) is 0 Å². The van der Waals surface area contributed by atoms with Crippen LogP contribution in [0.4, 0.5) is 0 Å². The highest BCUT2D eigenvalue weighted by Gasteiger charge is 2.37. The molecule has 0 N–H and O–H groups in total. The van der Waals surface area contributed by atoms with Gasteiger partial charge in [0.2, 0.25) is 15.9 Å². The molecule has 2 heterocycles. The summed E-state index contributed by atoms with van der Waals surface area (Å²) in [5, 5.41) is 2.09. The van der Waals surface area contributed by atoms with Gasteiger partial charge in [-0.05, 0) is 85.7 Å². The molecule has 1 aliphatic rings. The number of carbonyl (C=O) groups is 1. The van der Waals surface area contributed by atoms with Crippen LogP contribution in [-0.4, -0.2) is 42.7 Å². The van der Waals surface area contributed by atoms with E-state index in [1.807, 2.05) is 51.7 Å². The summed E-state index contributed by atoms with van der Waals surface area (Å²) in [7, 11) is -3.88. The first-order chi connectivity index (χ1) is 17.7. The van der Waals surface area contributed by atoms with Crippen molar-refractivity contribution in [1.82, 2.24) is 9.21 Å². The zero-order chi connectivity index (χ0) is 28.0. The van der Waals surface area contributed by atoms with Crippen molar-refractivity contribution in [1.29, 1.82) is 0 Å². The highest BCUT2D eigenvalue weighted by Crippen LogP contribution is 2.39. The lowest BCUT2D eigenvalue weighted by atomic mass is 9.85. The van der Waals surface area contributed by atoms with E-state index in [1.54, 1.807) is 11.3 Å². The molecule has 1 amide bonds. The minimum Gasteiger partial charge on any atom is -0.330 e. The highest BCUT2D eigenvalue weighted by molar-refractivity contribution is 7.89. The highest BCUT2D eigenvalue weighted by atomic mass is 32.2. The summed E-state index contributed by atoms with van der Waals surface area (Å²) < 4.78 is 29.2. The number of benzene rings is 2. The molecule has 0 unspecified atom stereocenters. The Balaban J connectivity index is 1.70. The summed E-state index contributed by atoms with van der Waals surface area (Å²) in [6, 6.07) is 13.8. The number of amides is 1. The summed E-state index contributed by atoms with van der Waals surface area (Å²) in [6.07, 6.45) is 0.778. The summed E-state index contributed by atoms with van der Waals surface area (Å²) in [4.78, 5) is 17.4. The Morgan fingerprint density at radius 2 is 1.66 bits per heavy atom. The van der Waals surface area contributed by atoms with E-state index in [0.717, 1.165) is 23.1 Å². The zero-order valence-electron chi connectivity index (χ0n) is 23.8. The van der Waals surface area contributed by atoms with Gasteiger partial charge in [0.15, 0.2) is 0 Å². The van der Waals surface area contributed by atoms with E-state index in [4.69, 9.17) is 0 Å². The van der Waals surface area contributed by atoms with Crippen molar-refractivity contribution in [2.24, 2.45) is 0 Å². The average Bonchev–Trinajstić information content (AvgIpc) is 3.29. The third kappa shape index (κ3) is 5.47. The summed E-state index contributed by atoms with van der Waals surface area (Å²) in [5.41, 5.74) is 5.90. The molecule has 0 radical (unpaired) electrons. The molecular weight excluding hydrogens is 512 g/mol. The van der Waals surface area contributed by atoms with Gasteiger partial charge in [0.05, 0.1) is 17.5 Å². The van der Waals surface area contributed by atoms with Crippen molar-refractivity contribution >= 4 is 27.3 Å². The molecule has 0 bridgehead atoms. The molecule has 0 fully saturated rings. The minimum atomic E-state index is -3.88. The van der Waals surface area contributed by atoms with Crippen LogP contribution >= 0.6 is 11.3 Å². The number of aryl methyl sites for hydroxylation is 3. The lowest BCUT2D eigenvalue weighted by molar-refractivity contribution is -0.133. The molecule has 0 spiro atoms. The maximum absolute atomic E-state index is 14.0. The first kappa shape index (κ1) is 28.5. The SMILES string of the molecule is Cc1cc(C)c(S(=O)(=O)N(CC(=O)N2CCc3sccc3[C@H]2c2ccc(C(C)(C)C)cc2)C(C)C)c(C)c1. The molecule has 1 aliphatic heterocycles. The van der Waals surface area contributed by atoms with Crippen LogP contribution < -0.4 is 0 Å². The molecule has 1 aromatic heterocycles. The van der Waals surface area contributed by atoms with Gasteiger partial charge in [-0.15, -0.1) is 11.3 Å². The topological polar surface area (TPSA) is 57.7 Å². The fourth-order valence-corrected chi connectivity index (χ4v) is 8.48. The fraction of sp³-hybridized carbons (Fsp3) is 0.452. The standard InChI is InChI=1S/C31H40N2O3S2/c1-20(2)33(38(35,36)30-22(4)17-21(3)18-23(30)5)19-28(34)32-15-13-27-26(14-16-37-27)29(32)24-9-11-25(12-10-24)31(6,7)8/h9-12,14,16-18,20,29H,13,15,19H2,1-8H3/t29-/m1/s1. The lowest BCUT2D eigenvalue weighted by Crippen LogP contribution is -2.48. The molecule has 7 heteroatoms. The molecule has 0 saturated heterocycles. The number of sulfonamides is 1. The second-order valence-electron chi connectivity index (χ2n) is 11.8. The van der Waals surface area contributed by atoms with Crippen molar-refractivity contribution in [2.75, 3.05) is 13.1 Å². The van der Waals surface area contributed by atoms with Gasteiger partial charge in [0.1, 0.15) is 0 Å². The number of rotatable bonds is 6. The van der Waals surface area contributed by atoms with Crippen LogP contribution in [0.2, 0.25) is 0 Å². The predicted molar refractivity (Wildman–Crippen MR) is 156 cm³/mol. The Kier molecular flexibility index (Phi) is 7.95. The van der Waals surface area contributed by atoms with Gasteiger partial charge in [-0.3, -0.25) is 4.79 Å². The molecule has 5 nitrogen and oxygen atoms in total. The third-order valence-corrected chi connectivity index (χ3v) is 10.7. The second-order valence-corrected chi connectivity index (χ2v) is 14.6. The van der Waals surface area contributed by atoms with E-state index in [9.17, 15) is 13.2 Å². The van der Waals surface area contributed by atoms with Gasteiger partial charge < -0.3 is 4.90 Å². The summed E-state index contributed by atoms with van der Waals surface area (Å²) >= 11 is 1.73. The van der Waals surface area contributed by atoms with E-state index in [2.05, 4.69) is 56.5 Å². The quantitative estimate of drug-likeness (QED) is 0.349. The van der Waals surface area contributed by atoms with Gasteiger partial charge in [-0.25, -0.2) is 8.42 Å². The van der Waals surface area contributed by atoms with E-state index in [1.165, 1.54) is 14.7 Å². The number of carbonyl (C=O) groups excluding carboxylic acids is 1. The second kappa shape index (κ2) is 10.6. The number of fused-ring (bicyclic) bond motifs is 1. The van der Waals surface area contributed by atoms with Crippen molar-refractivity contribution in [3.05, 3.63) is 86.1 Å².